The number of hydrogen-bond acceptors (Lipinski definition) is 32. The Morgan fingerprint density at radius 1 is 0.798 bits per heavy atom. The number of aromatic nitrogens is 11. The molecule has 40 nitrogen and oxygen atoms in total. The van der Waals surface area contributed by atoms with Crippen LogP contribution in [0.1, 0.15) is 176 Å². The van der Waals surface area contributed by atoms with Gasteiger partial charge in [-0.25, -0.2) is 39.1 Å². The maximum Gasteiger partial charge on any atom is 0.358 e. The van der Waals surface area contributed by atoms with Gasteiger partial charge in [0, 0.05) is 53.8 Å². The van der Waals surface area contributed by atoms with Gasteiger partial charge in [-0.15, -0.1) is 0 Å². The normalized spacial score (nSPS) is 26.5. The number of aliphatic hydroxyl groups is 3. The van der Waals surface area contributed by atoms with Gasteiger partial charge in [0.1, 0.15) is 84.1 Å². The van der Waals surface area contributed by atoms with Crippen molar-refractivity contribution in [1.82, 2.24) is 68.9 Å². The number of H-pyrrole nitrogens is 1. The van der Waals surface area contributed by atoms with Crippen LogP contribution in [0.15, 0.2) is 93.7 Å². The number of imidazole rings is 2. The number of rotatable bonds is 33. The zero-order valence-corrected chi connectivity index (χ0v) is 71.9. The number of aliphatic hydroxyl groups excluding tert-OH is 3. The molecule has 5 aromatic heterocycles. The number of Topliss-reactive ketones (excluding diaryl/α,β-unsaturated/α-hetero) is 1. The molecule has 0 bridgehead atoms. The van der Waals surface area contributed by atoms with Gasteiger partial charge < -0.3 is 104 Å². The number of ketones is 1. The predicted octanol–water partition coefficient (Wildman–Crippen LogP) is 6.46. The number of fused-ring (bicyclic) bond motifs is 2. The van der Waals surface area contributed by atoms with E-state index in [0.717, 1.165) is 59.1 Å². The second-order valence-electron chi connectivity index (χ2n) is 32.3. The van der Waals surface area contributed by atoms with Crippen molar-refractivity contribution in [3.8, 4) is 0 Å². The molecule has 2 saturated heterocycles. The average molecular weight is 1720 g/mol. The number of aryl methyl sites for hydroxylation is 2. The number of ether oxygens (including phenoxy) is 7. The Bertz CT molecular complexity index is 4570. The number of guanidine groups is 1. The number of aromatic amines is 1. The highest BCUT2D eigenvalue weighted by Gasteiger charge is 2.58. The first kappa shape index (κ1) is 94.9. The number of nitrogens with two attached hydrogens (primary N) is 2. The number of anilines is 3. The molecule has 0 spiro atoms. The molecule has 16 atom stereocenters. The Morgan fingerprint density at radius 3 is 1.99 bits per heavy atom. The Balaban J connectivity index is 0.000000171. The standard InChI is InChI=1S/C19H30FN2O9P.C17H26N6O.C17H24N6O.C12H22N3O5P.C11H19N3O4/c1-10(2)29-15-14(8-28-32(27,31-26)9-12(4)13(5)23)30-17(19(15,6)20)22-7-11(3)16(24)21-18(22)25;2*1-10(2)24-8-11-3-6-13(7-11)23-9-19-14-15(20-12-4-5-12)21-17(18)22-16(14)23;1-9(2)13-12-4-5-15(10(3)14-12)6-11(7-16)20-8-21(17,18)19;1-6(2)17-4-8-9(15)10(16)11(18-8)14-5-12-7(3)13-14/h7,10,12,14-15,17,26H,8-9H2,1-6H3,(H,21,24,25);3,6,9-13,15,20H,4-5,7-8H2,1-2H3,(H3,18,21,22);3,6,9-13H,4-5,7-8H2,1-2H3,(H3,18,20,21,22);4-5,9,11,16H,3,6-8H2,1-2H3,(H,13,14)(H2,17,18,19);5-6,8-11,15-16H,4H2,1-3H3/t12-,14-,15-,17?,19-,32?;11-,13?,15?;11-,13?;11-;8-,9-,10-,11-/m11101/s1. The van der Waals surface area contributed by atoms with E-state index in [1.54, 1.807) is 37.9 Å². The fourth-order valence-corrected chi connectivity index (χ4v) is 15.2. The van der Waals surface area contributed by atoms with Gasteiger partial charge >= 0.3 is 20.9 Å². The van der Waals surface area contributed by atoms with Gasteiger partial charge in [0.2, 0.25) is 5.95 Å². The summed E-state index contributed by atoms with van der Waals surface area (Å²) in [5, 5.41) is 55.3. The molecule has 5 unspecified atom stereocenters. The minimum Gasteiger partial charge on any atom is -0.394 e. The van der Waals surface area contributed by atoms with Crippen molar-refractivity contribution in [1.29, 1.82) is 0 Å². The van der Waals surface area contributed by atoms with Crippen LogP contribution in [0.5, 0.6) is 0 Å². The third-order valence-corrected chi connectivity index (χ3v) is 22.1. The molecule has 8 aliphatic rings. The maximum atomic E-state index is 15.9. The smallest absolute Gasteiger partial charge is 0.358 e. The van der Waals surface area contributed by atoms with Gasteiger partial charge in [-0.05, 0) is 142 Å². The lowest BCUT2D eigenvalue weighted by atomic mass is 9.98. The van der Waals surface area contributed by atoms with Crippen molar-refractivity contribution in [2.45, 2.75) is 258 Å². The Morgan fingerprint density at radius 2 is 1.43 bits per heavy atom. The summed E-state index contributed by atoms with van der Waals surface area (Å²) in [7, 11) is -8.37. The third kappa shape index (κ3) is 27.3. The Kier molecular flexibility index (Phi) is 33.7. The van der Waals surface area contributed by atoms with Crippen molar-refractivity contribution in [3.63, 3.8) is 0 Å². The van der Waals surface area contributed by atoms with E-state index in [1.807, 2.05) is 40.3 Å². The monoisotopic (exact) mass is 1710 g/mol. The maximum absolute atomic E-state index is 15.9. The van der Waals surface area contributed by atoms with Crippen LogP contribution in [0.2, 0.25) is 0 Å². The van der Waals surface area contributed by atoms with Crippen LogP contribution in [0, 0.1) is 31.6 Å². The van der Waals surface area contributed by atoms with Gasteiger partial charge in [0.05, 0.1) is 101 Å². The topological polar surface area (TPSA) is 531 Å². The third-order valence-electron chi connectivity index (χ3n) is 19.8. The molecule has 5 aromatic rings. The summed E-state index contributed by atoms with van der Waals surface area (Å²) in [6.07, 6.45) is 16.5. The highest BCUT2D eigenvalue weighted by atomic mass is 31.2. The number of allylic oxidation sites excluding steroid dienone is 2. The van der Waals surface area contributed by atoms with E-state index in [1.165, 1.54) is 70.6 Å². The molecule has 4 aliphatic heterocycles. The number of hydrogen-bond donors (Lipinski definition) is 13. The number of carbonyl (C=O) groups excluding carboxylic acids is 1. The largest absolute Gasteiger partial charge is 0.394 e. The van der Waals surface area contributed by atoms with Gasteiger partial charge in [0.25, 0.3) is 5.56 Å². The molecule has 4 fully saturated rings. The van der Waals surface area contributed by atoms with E-state index in [0.29, 0.717) is 47.4 Å². The molecule has 15 N–H and O–H groups in total. The SMILES string of the molecule is C=C1NC(=NC(C)C)C=CN1C[C@@H](CO)OCP(=O)(O)O.CC(=O)[C@H](C)CP(=O)(OO)OC[C@H]1OC(n2cc(C)c(=O)[nH]c2=O)[C@](C)(F)[C@@H]1OC(C)C.CC(C)OC[C@@H]1C=CC(n2cnc3c(NC4CC4)nc(N)nc32)C1.CC(C)OC[C@@H]1C=CC(n2cnc3c2NC(N)=NC3NC2CC2)C1.Cc1ncn([C@@H]2O[C@H](COC(C)C)[C@@H](O)[C@H]2O)n1. The molecular formula is C76H121FN20O20P2. The Hall–Kier alpha value is -7.90. The molecule has 4 aliphatic carbocycles. The Labute approximate surface area is 690 Å². The van der Waals surface area contributed by atoms with Crippen molar-refractivity contribution in [3.05, 3.63) is 112 Å². The number of halogens is 1. The molecule has 43 heteroatoms. The molecule has 2 saturated carbocycles. The zero-order valence-electron chi connectivity index (χ0n) is 70.1. The number of carbonyl (C=O) groups is 1. The fourth-order valence-electron chi connectivity index (χ4n) is 13.2. The number of nitrogens with one attached hydrogen (secondary N) is 5. The zero-order chi connectivity index (χ0) is 87.1. The van der Waals surface area contributed by atoms with E-state index in [4.69, 9.17) is 64.2 Å². The van der Waals surface area contributed by atoms with Crippen molar-refractivity contribution in [2.24, 2.45) is 33.5 Å². The summed E-state index contributed by atoms with van der Waals surface area (Å²) in [4.78, 5) is 87.5. The molecule has 119 heavy (non-hydrogen) atoms. The number of aliphatic imine (C=N–C) groups is 2. The van der Waals surface area contributed by atoms with E-state index in [2.05, 4.69) is 139 Å². The summed E-state index contributed by atoms with van der Waals surface area (Å²) in [6, 6.07) is 1.71. The number of alkyl halides is 1. The summed E-state index contributed by atoms with van der Waals surface area (Å²) < 4.78 is 94.2. The van der Waals surface area contributed by atoms with E-state index >= 15 is 4.39 Å². The minimum atomic E-state index is -4.25. The number of nitrogens with zero attached hydrogens (tertiary/aromatic N) is 13. The lowest BCUT2D eigenvalue weighted by Gasteiger charge is -2.30. The highest BCUT2D eigenvalue weighted by molar-refractivity contribution is 7.53. The molecule has 13 rings (SSSR count). The summed E-state index contributed by atoms with van der Waals surface area (Å²) >= 11 is 0. The number of nitrogen functional groups attached to an aromatic ring is 1. The van der Waals surface area contributed by atoms with E-state index in [-0.39, 0.29) is 79.7 Å². The van der Waals surface area contributed by atoms with Crippen LogP contribution in [-0.4, -0.2) is 243 Å². The lowest BCUT2D eigenvalue weighted by molar-refractivity contribution is -0.154. The first-order chi connectivity index (χ1) is 56.1. The molecule has 0 amide bonds. The molecular weight excluding hydrogens is 1590 g/mol. The lowest BCUT2D eigenvalue weighted by Crippen LogP contribution is -2.46. The van der Waals surface area contributed by atoms with Crippen molar-refractivity contribution in [2.75, 3.05) is 68.5 Å². The predicted molar refractivity (Wildman–Crippen MR) is 440 cm³/mol. The van der Waals surface area contributed by atoms with Crippen molar-refractivity contribution >= 4 is 61.5 Å². The van der Waals surface area contributed by atoms with Crippen LogP contribution in [0.3, 0.4) is 0 Å². The van der Waals surface area contributed by atoms with Gasteiger partial charge in [0.15, 0.2) is 41.1 Å². The molecule has 0 aromatic carbocycles. The second-order valence-corrected chi connectivity index (χ2v) is 35.9. The van der Waals surface area contributed by atoms with E-state index in [9.17, 15) is 38.8 Å². The quantitative estimate of drug-likeness (QED) is 0.00927. The first-order valence-electron chi connectivity index (χ1n) is 40.1. The van der Waals surface area contributed by atoms with Crippen molar-refractivity contribution < 1.29 is 91.0 Å². The van der Waals surface area contributed by atoms with Gasteiger partial charge in [-0.2, -0.15) is 19.7 Å². The van der Waals surface area contributed by atoms with Gasteiger partial charge in [-0.1, -0.05) is 37.8 Å². The fraction of sp³-hybridized carbons (Fsp3) is 0.671. The summed E-state index contributed by atoms with van der Waals surface area (Å²) in [6.45, 7) is 31.4. The van der Waals surface area contributed by atoms with Crippen LogP contribution < -0.4 is 44.0 Å². The number of amidine groups is 1. The highest BCUT2D eigenvalue weighted by Crippen LogP contribution is 2.51. The van der Waals surface area contributed by atoms with E-state index < -0.39 is 112 Å². The van der Waals surface area contributed by atoms with Crippen LogP contribution in [-0.2, 0) is 56.3 Å². The van der Waals surface area contributed by atoms with Crippen LogP contribution in [0.25, 0.3) is 11.2 Å². The minimum absolute atomic E-state index is 0.0469. The summed E-state index contributed by atoms with van der Waals surface area (Å²) in [5.74, 6) is 4.14. The molecule has 0 radical (unpaired) electrons. The first-order valence-corrected chi connectivity index (χ1v) is 43.6. The molecule has 662 valence electrons. The van der Waals surface area contributed by atoms with Crippen LogP contribution >= 0.6 is 15.2 Å². The van der Waals surface area contributed by atoms with Gasteiger partial charge in [-0.3, -0.25) is 38.6 Å². The van der Waals surface area contributed by atoms with Crippen LogP contribution in [0.4, 0.5) is 22.0 Å². The second kappa shape index (κ2) is 42.3. The molecule has 9 heterocycles. The summed E-state index contributed by atoms with van der Waals surface area (Å²) in [5.41, 5.74) is 10.9. The average Bonchev–Trinajstić information content (AvgIpc) is 1.60.